The van der Waals surface area contributed by atoms with E-state index in [1.165, 1.54) is 42.3 Å². The lowest BCUT2D eigenvalue weighted by Gasteiger charge is -2.34. The molecule has 4 rings (SSSR count). The summed E-state index contributed by atoms with van der Waals surface area (Å²) in [5.74, 6) is -0.582. The molecule has 12 heteroatoms. The van der Waals surface area contributed by atoms with Gasteiger partial charge in [0.05, 0.1) is 22.7 Å². The number of benzene rings is 4. The molecule has 0 saturated heterocycles. The summed E-state index contributed by atoms with van der Waals surface area (Å²) < 4.78 is 34.8. The maximum Gasteiger partial charge on any atom is 0.264 e. The molecule has 0 aliphatic heterocycles. The molecule has 48 heavy (non-hydrogen) atoms. The molecule has 0 saturated carbocycles. The molecule has 0 aromatic heterocycles. The fourth-order valence-corrected chi connectivity index (χ4v) is 7.18. The van der Waals surface area contributed by atoms with Gasteiger partial charge in [-0.25, -0.2) is 8.42 Å². The van der Waals surface area contributed by atoms with E-state index in [0.29, 0.717) is 27.9 Å². The number of rotatable bonds is 14. The number of sulfonamides is 1. The number of aryl methyl sites for hydroxylation is 1. The first-order valence-corrected chi connectivity index (χ1v) is 17.9. The van der Waals surface area contributed by atoms with Crippen molar-refractivity contribution in [3.63, 3.8) is 0 Å². The number of carbonyl (C=O) groups is 2. The van der Waals surface area contributed by atoms with Crippen LogP contribution in [0.3, 0.4) is 0 Å². The van der Waals surface area contributed by atoms with Gasteiger partial charge in [0.1, 0.15) is 18.3 Å². The van der Waals surface area contributed by atoms with Crippen LogP contribution in [0.25, 0.3) is 0 Å². The average molecular weight is 731 g/mol. The van der Waals surface area contributed by atoms with E-state index in [1.807, 2.05) is 51.1 Å². The van der Waals surface area contributed by atoms with Gasteiger partial charge < -0.3 is 15.0 Å². The molecule has 0 fully saturated rings. The van der Waals surface area contributed by atoms with Gasteiger partial charge in [-0.3, -0.25) is 13.9 Å². The summed E-state index contributed by atoms with van der Waals surface area (Å²) in [4.78, 5) is 29.9. The highest BCUT2D eigenvalue weighted by atomic mass is 35.5. The zero-order chi connectivity index (χ0) is 35.0. The van der Waals surface area contributed by atoms with E-state index >= 15 is 0 Å². The summed E-state index contributed by atoms with van der Waals surface area (Å²) in [5.41, 5.74) is 2.22. The minimum Gasteiger partial charge on any atom is -0.495 e. The van der Waals surface area contributed by atoms with E-state index in [0.717, 1.165) is 15.4 Å². The van der Waals surface area contributed by atoms with Crippen molar-refractivity contribution in [3.8, 4) is 5.75 Å². The van der Waals surface area contributed by atoms with Crippen LogP contribution in [0.2, 0.25) is 15.1 Å². The number of methoxy groups -OCH3 is 1. The van der Waals surface area contributed by atoms with E-state index < -0.39 is 34.4 Å². The highest BCUT2D eigenvalue weighted by molar-refractivity contribution is 7.92. The van der Waals surface area contributed by atoms with Crippen molar-refractivity contribution in [2.24, 2.45) is 5.92 Å². The largest absolute Gasteiger partial charge is 0.495 e. The molecular weight excluding hydrogens is 693 g/mol. The summed E-state index contributed by atoms with van der Waals surface area (Å²) in [6, 6.07) is 24.0. The number of hydrogen-bond donors (Lipinski definition) is 1. The van der Waals surface area contributed by atoms with E-state index in [4.69, 9.17) is 39.5 Å². The number of hydrogen-bond acceptors (Lipinski definition) is 5. The Kier molecular flexibility index (Phi) is 12.8. The second-order valence-electron chi connectivity index (χ2n) is 11.7. The minimum atomic E-state index is -4.32. The van der Waals surface area contributed by atoms with Gasteiger partial charge in [0.25, 0.3) is 10.0 Å². The third kappa shape index (κ3) is 9.23. The normalized spacial score (nSPS) is 12.0. The Balaban J connectivity index is 1.86. The van der Waals surface area contributed by atoms with Gasteiger partial charge in [0.2, 0.25) is 11.8 Å². The van der Waals surface area contributed by atoms with Crippen LogP contribution in [0.15, 0.2) is 95.9 Å². The molecule has 0 heterocycles. The van der Waals surface area contributed by atoms with Gasteiger partial charge in [-0.15, -0.1) is 0 Å². The molecule has 2 amide bonds. The van der Waals surface area contributed by atoms with E-state index in [9.17, 15) is 18.0 Å². The predicted molar refractivity (Wildman–Crippen MR) is 193 cm³/mol. The van der Waals surface area contributed by atoms with Crippen molar-refractivity contribution < 1.29 is 22.7 Å². The van der Waals surface area contributed by atoms with Crippen molar-refractivity contribution >= 4 is 62.3 Å². The molecule has 0 radical (unpaired) electrons. The number of nitrogens with zero attached hydrogens (tertiary/aromatic N) is 2. The van der Waals surface area contributed by atoms with Crippen molar-refractivity contribution in [2.75, 3.05) is 24.5 Å². The van der Waals surface area contributed by atoms with Crippen LogP contribution < -0.4 is 14.4 Å². The zero-order valence-corrected chi connectivity index (χ0v) is 30.2. The van der Waals surface area contributed by atoms with Gasteiger partial charge in [-0.2, -0.15) is 0 Å². The molecule has 0 unspecified atom stereocenters. The SMILES string of the molecule is COc1ccc(N(CC(=O)N(Cc2c(Cl)cccc2Cl)[C@H](Cc2ccccc2)C(=O)NCC(C)C)S(=O)(=O)c2ccc(C)cc2)cc1Cl. The molecule has 4 aromatic rings. The van der Waals surface area contributed by atoms with Crippen LogP contribution in [0.1, 0.15) is 30.5 Å². The fourth-order valence-electron chi connectivity index (χ4n) is 5.01. The molecule has 0 aliphatic carbocycles. The molecular formula is C36H38Cl3N3O5S. The Morgan fingerprint density at radius 3 is 2.08 bits per heavy atom. The van der Waals surface area contributed by atoms with Crippen LogP contribution >= 0.6 is 34.8 Å². The molecule has 8 nitrogen and oxygen atoms in total. The van der Waals surface area contributed by atoms with E-state index in [-0.39, 0.29) is 34.5 Å². The van der Waals surface area contributed by atoms with Crippen molar-refractivity contribution in [3.05, 3.63) is 123 Å². The number of amides is 2. The van der Waals surface area contributed by atoms with Crippen molar-refractivity contribution in [1.29, 1.82) is 0 Å². The predicted octanol–water partition coefficient (Wildman–Crippen LogP) is 7.57. The van der Waals surface area contributed by atoms with E-state index in [1.54, 1.807) is 30.3 Å². The Labute approximate surface area is 297 Å². The first-order chi connectivity index (χ1) is 22.8. The Morgan fingerprint density at radius 2 is 1.50 bits per heavy atom. The zero-order valence-electron chi connectivity index (χ0n) is 27.1. The molecule has 0 spiro atoms. The minimum absolute atomic E-state index is 0.0240. The fraction of sp³-hybridized carbons (Fsp3) is 0.278. The highest BCUT2D eigenvalue weighted by Crippen LogP contribution is 2.33. The Morgan fingerprint density at radius 1 is 0.854 bits per heavy atom. The highest BCUT2D eigenvalue weighted by Gasteiger charge is 2.35. The second kappa shape index (κ2) is 16.6. The summed E-state index contributed by atoms with van der Waals surface area (Å²) in [7, 11) is -2.87. The first kappa shape index (κ1) is 37.1. The first-order valence-electron chi connectivity index (χ1n) is 15.3. The maximum atomic E-state index is 14.7. The molecule has 0 bridgehead atoms. The number of carbonyl (C=O) groups excluding carboxylic acids is 2. The molecule has 254 valence electrons. The van der Waals surface area contributed by atoms with Gasteiger partial charge >= 0.3 is 0 Å². The van der Waals surface area contributed by atoms with Crippen molar-refractivity contribution in [1.82, 2.24) is 10.2 Å². The third-order valence-electron chi connectivity index (χ3n) is 7.66. The summed E-state index contributed by atoms with van der Waals surface area (Å²) in [6.07, 6.45) is 0.150. The third-order valence-corrected chi connectivity index (χ3v) is 10.4. The average Bonchev–Trinajstić information content (AvgIpc) is 3.05. The van der Waals surface area contributed by atoms with E-state index in [2.05, 4.69) is 5.32 Å². The smallest absolute Gasteiger partial charge is 0.264 e. The van der Waals surface area contributed by atoms with Crippen LogP contribution in [0.4, 0.5) is 5.69 Å². The molecule has 1 atom stereocenters. The number of nitrogens with one attached hydrogen (secondary N) is 1. The number of anilines is 1. The van der Waals surface area contributed by atoms with Crippen LogP contribution in [0.5, 0.6) is 5.75 Å². The van der Waals surface area contributed by atoms with Gasteiger partial charge in [0, 0.05) is 35.1 Å². The van der Waals surface area contributed by atoms with Crippen LogP contribution in [0, 0.1) is 12.8 Å². The summed E-state index contributed by atoms with van der Waals surface area (Å²) in [5, 5.41) is 3.71. The van der Waals surface area contributed by atoms with Gasteiger partial charge in [0.15, 0.2) is 0 Å². The van der Waals surface area contributed by atoms with Crippen LogP contribution in [-0.2, 0) is 32.6 Å². The lowest BCUT2D eigenvalue weighted by Crippen LogP contribution is -2.53. The number of ether oxygens (including phenoxy) is 1. The number of halogens is 3. The lowest BCUT2D eigenvalue weighted by molar-refractivity contribution is -0.140. The molecule has 4 aromatic carbocycles. The topological polar surface area (TPSA) is 96.0 Å². The Hall–Kier alpha value is -3.76. The summed E-state index contributed by atoms with van der Waals surface area (Å²) in [6.45, 7) is 5.32. The molecule has 1 N–H and O–H groups in total. The quantitative estimate of drug-likeness (QED) is 0.144. The monoisotopic (exact) mass is 729 g/mol. The van der Waals surface area contributed by atoms with Crippen LogP contribution in [-0.4, -0.2) is 51.4 Å². The lowest BCUT2D eigenvalue weighted by atomic mass is 10.0. The summed E-state index contributed by atoms with van der Waals surface area (Å²) >= 11 is 19.6. The standard InChI is InChI=1S/C36H38Cl3N3O5S/c1-24(2)21-40-36(44)33(19-26-9-6-5-7-10-26)41(22-29-30(37)11-8-12-31(29)38)35(43)23-42(27-15-18-34(47-4)32(39)20-27)48(45,46)28-16-13-25(3)14-17-28/h5-18,20,24,33H,19,21-23H2,1-4H3,(H,40,44)/t33-/m1/s1. The molecule has 0 aliphatic rings. The second-order valence-corrected chi connectivity index (χ2v) is 14.8. The van der Waals surface area contributed by atoms with Gasteiger partial charge in [-0.1, -0.05) is 103 Å². The van der Waals surface area contributed by atoms with Gasteiger partial charge in [-0.05, 0) is 60.9 Å². The maximum absolute atomic E-state index is 14.7. The van der Waals surface area contributed by atoms with Crippen molar-refractivity contribution in [2.45, 2.75) is 44.7 Å². The Bertz CT molecular complexity index is 1820.